The molecule has 1 aliphatic heterocycles. The molecule has 8 heteroatoms. The number of rotatable bonds is 2. The monoisotopic (exact) mass is 320 g/mol. The third kappa shape index (κ3) is 2.53. The SMILES string of the molecule is Cn1nnc(-c2ccc(Cl)c(B3OC(C)(C)C(C)(C)O3)c2)n1. The van der Waals surface area contributed by atoms with E-state index in [-0.39, 0.29) is 0 Å². The van der Waals surface area contributed by atoms with Crippen LogP contribution in [0.2, 0.25) is 5.02 Å². The fourth-order valence-electron chi connectivity index (χ4n) is 2.23. The van der Waals surface area contributed by atoms with Crippen molar-refractivity contribution in [1.29, 1.82) is 0 Å². The zero-order chi connectivity index (χ0) is 16.1. The summed E-state index contributed by atoms with van der Waals surface area (Å²) in [5.74, 6) is 0.539. The summed E-state index contributed by atoms with van der Waals surface area (Å²) in [4.78, 5) is 1.42. The first kappa shape index (κ1) is 15.5. The summed E-state index contributed by atoms with van der Waals surface area (Å²) in [5, 5.41) is 12.7. The highest BCUT2D eigenvalue weighted by Gasteiger charge is 2.52. The van der Waals surface area contributed by atoms with Crippen LogP contribution in [0, 0.1) is 0 Å². The number of tetrazole rings is 1. The molecule has 0 amide bonds. The Morgan fingerprint density at radius 3 is 2.32 bits per heavy atom. The molecule has 6 nitrogen and oxygen atoms in total. The van der Waals surface area contributed by atoms with E-state index < -0.39 is 18.3 Å². The van der Waals surface area contributed by atoms with Gasteiger partial charge in [-0.25, -0.2) is 0 Å². The summed E-state index contributed by atoms with van der Waals surface area (Å²) in [6.07, 6.45) is 0. The van der Waals surface area contributed by atoms with E-state index in [1.54, 1.807) is 13.1 Å². The maximum Gasteiger partial charge on any atom is 0.496 e. The number of aromatic nitrogens is 4. The molecule has 1 aromatic heterocycles. The van der Waals surface area contributed by atoms with E-state index in [2.05, 4.69) is 15.4 Å². The Morgan fingerprint density at radius 2 is 1.77 bits per heavy atom. The van der Waals surface area contributed by atoms with E-state index in [9.17, 15) is 0 Å². The van der Waals surface area contributed by atoms with Crippen molar-refractivity contribution in [3.8, 4) is 11.4 Å². The van der Waals surface area contributed by atoms with Crippen LogP contribution in [0.3, 0.4) is 0 Å². The topological polar surface area (TPSA) is 62.1 Å². The summed E-state index contributed by atoms with van der Waals surface area (Å²) >= 11 is 6.33. The number of nitrogens with zero attached hydrogens (tertiary/aromatic N) is 4. The molecule has 2 heterocycles. The van der Waals surface area contributed by atoms with Gasteiger partial charge in [-0.3, -0.25) is 0 Å². The van der Waals surface area contributed by atoms with Crippen molar-refractivity contribution in [2.24, 2.45) is 7.05 Å². The molecule has 1 aromatic carbocycles. The van der Waals surface area contributed by atoms with E-state index >= 15 is 0 Å². The summed E-state index contributed by atoms with van der Waals surface area (Å²) in [6.45, 7) is 8.04. The highest BCUT2D eigenvalue weighted by molar-refractivity contribution is 6.65. The van der Waals surface area contributed by atoms with E-state index in [4.69, 9.17) is 20.9 Å². The van der Waals surface area contributed by atoms with Crippen LogP contribution in [-0.2, 0) is 16.4 Å². The predicted octanol–water partition coefficient (Wildman–Crippen LogP) is 1.83. The van der Waals surface area contributed by atoms with Gasteiger partial charge in [0, 0.05) is 16.0 Å². The Morgan fingerprint density at radius 1 is 1.14 bits per heavy atom. The Bertz CT molecular complexity index is 701. The lowest BCUT2D eigenvalue weighted by molar-refractivity contribution is 0.00578. The van der Waals surface area contributed by atoms with Crippen LogP contribution in [0.1, 0.15) is 27.7 Å². The molecule has 3 rings (SSSR count). The second-order valence-corrected chi connectivity index (χ2v) is 6.83. The molecule has 1 fully saturated rings. The maximum absolute atomic E-state index is 6.33. The molecule has 0 spiro atoms. The largest absolute Gasteiger partial charge is 0.496 e. The average Bonchev–Trinajstić information content (AvgIpc) is 2.92. The molecule has 0 unspecified atom stereocenters. The molecule has 22 heavy (non-hydrogen) atoms. The van der Waals surface area contributed by atoms with E-state index in [0.29, 0.717) is 10.8 Å². The van der Waals surface area contributed by atoms with Gasteiger partial charge < -0.3 is 9.31 Å². The zero-order valence-corrected chi connectivity index (χ0v) is 14.0. The first-order chi connectivity index (χ1) is 10.2. The Balaban J connectivity index is 1.98. The molecule has 0 atom stereocenters. The van der Waals surface area contributed by atoms with Crippen molar-refractivity contribution in [1.82, 2.24) is 20.2 Å². The van der Waals surface area contributed by atoms with Gasteiger partial charge in [-0.05, 0) is 51.1 Å². The van der Waals surface area contributed by atoms with Crippen LogP contribution in [0.5, 0.6) is 0 Å². The van der Waals surface area contributed by atoms with Crippen molar-refractivity contribution >= 4 is 24.2 Å². The summed E-state index contributed by atoms with van der Waals surface area (Å²) in [7, 11) is 1.20. The lowest BCUT2D eigenvalue weighted by Gasteiger charge is -2.32. The van der Waals surface area contributed by atoms with Gasteiger partial charge in [0.1, 0.15) is 0 Å². The van der Waals surface area contributed by atoms with E-state index in [1.165, 1.54) is 4.80 Å². The molecule has 2 aromatic rings. The summed E-state index contributed by atoms with van der Waals surface area (Å²) < 4.78 is 12.1. The van der Waals surface area contributed by atoms with Crippen LogP contribution in [0.15, 0.2) is 18.2 Å². The summed E-state index contributed by atoms with van der Waals surface area (Å²) in [5.41, 5.74) is 0.761. The van der Waals surface area contributed by atoms with Gasteiger partial charge in [-0.1, -0.05) is 11.6 Å². The lowest BCUT2D eigenvalue weighted by atomic mass is 9.78. The number of halogens is 1. The van der Waals surface area contributed by atoms with Gasteiger partial charge in [-0.15, -0.1) is 10.2 Å². The second-order valence-electron chi connectivity index (χ2n) is 6.43. The average molecular weight is 321 g/mol. The lowest BCUT2D eigenvalue weighted by Crippen LogP contribution is -2.41. The molecule has 0 N–H and O–H groups in total. The first-order valence-electron chi connectivity index (χ1n) is 7.09. The predicted molar refractivity (Wildman–Crippen MR) is 85.0 cm³/mol. The van der Waals surface area contributed by atoms with Gasteiger partial charge in [0.05, 0.1) is 18.2 Å². The van der Waals surface area contributed by atoms with Crippen LogP contribution in [0.4, 0.5) is 0 Å². The highest BCUT2D eigenvalue weighted by Crippen LogP contribution is 2.37. The quantitative estimate of drug-likeness (QED) is 0.790. The first-order valence-corrected chi connectivity index (χ1v) is 7.47. The molecule has 0 aliphatic carbocycles. The van der Waals surface area contributed by atoms with Crippen molar-refractivity contribution < 1.29 is 9.31 Å². The minimum Gasteiger partial charge on any atom is -0.399 e. The Labute approximate surface area is 134 Å². The number of benzene rings is 1. The minimum atomic E-state index is -0.519. The van der Waals surface area contributed by atoms with Gasteiger partial charge in [-0.2, -0.15) is 4.80 Å². The minimum absolute atomic E-state index is 0.415. The highest BCUT2D eigenvalue weighted by atomic mass is 35.5. The second kappa shape index (κ2) is 5.04. The standard InChI is InChI=1S/C14H18BClN4O2/c1-13(2)14(3,4)22-15(21-13)10-8-9(6-7-11(10)16)12-17-19-20(5)18-12/h6-8H,1-5H3. The fourth-order valence-corrected chi connectivity index (χ4v) is 2.44. The molecule has 0 saturated carbocycles. The van der Waals surface area contributed by atoms with Crippen LogP contribution < -0.4 is 5.46 Å². The van der Waals surface area contributed by atoms with Crippen LogP contribution in [-0.4, -0.2) is 38.5 Å². The van der Waals surface area contributed by atoms with Gasteiger partial charge in [0.25, 0.3) is 0 Å². The molecule has 1 saturated heterocycles. The van der Waals surface area contributed by atoms with Crippen molar-refractivity contribution in [2.75, 3.05) is 0 Å². The van der Waals surface area contributed by atoms with Crippen molar-refractivity contribution in [3.63, 3.8) is 0 Å². The Kier molecular flexibility index (Phi) is 3.54. The van der Waals surface area contributed by atoms with Crippen LogP contribution in [0.25, 0.3) is 11.4 Å². The molecule has 116 valence electrons. The third-order valence-corrected chi connectivity index (χ3v) is 4.61. The van der Waals surface area contributed by atoms with E-state index in [1.807, 2.05) is 39.8 Å². The maximum atomic E-state index is 6.33. The fraction of sp³-hybridized carbons (Fsp3) is 0.500. The number of hydrogen-bond acceptors (Lipinski definition) is 5. The summed E-state index contributed by atoms with van der Waals surface area (Å²) in [6, 6.07) is 5.54. The number of hydrogen-bond donors (Lipinski definition) is 0. The molecule has 0 radical (unpaired) electrons. The van der Waals surface area contributed by atoms with Crippen molar-refractivity contribution in [3.05, 3.63) is 23.2 Å². The third-order valence-electron chi connectivity index (χ3n) is 4.27. The van der Waals surface area contributed by atoms with Crippen molar-refractivity contribution in [2.45, 2.75) is 38.9 Å². The van der Waals surface area contributed by atoms with Gasteiger partial charge in [0.2, 0.25) is 5.82 Å². The van der Waals surface area contributed by atoms with Crippen LogP contribution >= 0.6 is 11.6 Å². The van der Waals surface area contributed by atoms with E-state index in [0.717, 1.165) is 11.0 Å². The zero-order valence-electron chi connectivity index (χ0n) is 13.3. The van der Waals surface area contributed by atoms with Gasteiger partial charge >= 0.3 is 7.12 Å². The molecular formula is C14H18BClN4O2. The number of aryl methyl sites for hydroxylation is 1. The molecule has 1 aliphatic rings. The molecular weight excluding hydrogens is 302 g/mol. The smallest absolute Gasteiger partial charge is 0.399 e. The molecule has 0 bridgehead atoms. The Hall–Kier alpha value is -1.44. The normalized spacial score (nSPS) is 19.6. The van der Waals surface area contributed by atoms with Gasteiger partial charge in [0.15, 0.2) is 0 Å².